The smallest absolute Gasteiger partial charge is 0.284 e. The van der Waals surface area contributed by atoms with Gasteiger partial charge in [-0.2, -0.15) is 5.10 Å². The number of hydrogen-bond acceptors (Lipinski definition) is 10. The van der Waals surface area contributed by atoms with Crippen molar-refractivity contribution in [3.05, 3.63) is 42.2 Å². The van der Waals surface area contributed by atoms with Crippen LogP contribution in [0.2, 0.25) is 0 Å². The van der Waals surface area contributed by atoms with Gasteiger partial charge in [-0.1, -0.05) is 0 Å². The molecular weight excluding hydrogens is 708 g/mol. The van der Waals surface area contributed by atoms with Crippen molar-refractivity contribution in [1.82, 2.24) is 24.6 Å². The zero-order chi connectivity index (χ0) is 37.8. The summed E-state index contributed by atoms with van der Waals surface area (Å²) in [6.45, 7) is 5.76. The largest absolute Gasteiger partial charge is 0.444 e. The summed E-state index contributed by atoms with van der Waals surface area (Å²) in [6.07, 6.45) is 15.7. The van der Waals surface area contributed by atoms with E-state index in [1.165, 1.54) is 63.8 Å². The summed E-state index contributed by atoms with van der Waals surface area (Å²) in [5.74, 6) is 4.18. The molecular formula is C41H57F2N7O5. The summed E-state index contributed by atoms with van der Waals surface area (Å²) >= 11 is 0. The molecule has 0 saturated heterocycles. The number of carbonyl (C=O) groups excluding carboxylic acids is 1. The molecule has 6 saturated carbocycles. The average Bonchev–Trinajstić information content (AvgIpc) is 3.68. The number of halogens is 2. The molecule has 6 aliphatic rings. The van der Waals surface area contributed by atoms with Crippen LogP contribution in [0, 0.1) is 29.6 Å². The Balaban J connectivity index is 0.720. The molecule has 6 aliphatic carbocycles. The van der Waals surface area contributed by atoms with Gasteiger partial charge in [0.2, 0.25) is 5.89 Å². The molecule has 4 bridgehead atoms. The molecule has 55 heavy (non-hydrogen) atoms. The van der Waals surface area contributed by atoms with Crippen molar-refractivity contribution in [3.63, 3.8) is 0 Å². The van der Waals surface area contributed by atoms with E-state index in [9.17, 15) is 13.6 Å². The fourth-order valence-electron chi connectivity index (χ4n) is 9.97. The number of oxazole rings is 1. The molecule has 3 heterocycles. The van der Waals surface area contributed by atoms with Crippen LogP contribution < -0.4 is 10.6 Å². The number of hydrogen-bond donors (Lipinski definition) is 2. The predicted molar refractivity (Wildman–Crippen MR) is 203 cm³/mol. The summed E-state index contributed by atoms with van der Waals surface area (Å²) in [6, 6.07) is 3.54. The van der Waals surface area contributed by atoms with Crippen LogP contribution in [0.15, 0.2) is 35.2 Å². The summed E-state index contributed by atoms with van der Waals surface area (Å²) in [7, 11) is 2.12. The molecule has 6 fully saturated rings. The van der Waals surface area contributed by atoms with Crippen LogP contribution in [0.1, 0.15) is 106 Å². The molecule has 3 aromatic rings. The van der Waals surface area contributed by atoms with E-state index in [2.05, 4.69) is 37.6 Å². The number of rotatable bonds is 20. The lowest BCUT2D eigenvalue weighted by molar-refractivity contribution is -0.169. The van der Waals surface area contributed by atoms with Gasteiger partial charge in [0.05, 0.1) is 50.4 Å². The van der Waals surface area contributed by atoms with Crippen LogP contribution in [-0.4, -0.2) is 95.9 Å². The van der Waals surface area contributed by atoms with E-state index in [0.29, 0.717) is 56.3 Å². The van der Waals surface area contributed by atoms with Crippen molar-refractivity contribution in [3.8, 4) is 11.5 Å². The van der Waals surface area contributed by atoms with E-state index in [0.717, 1.165) is 63.1 Å². The van der Waals surface area contributed by atoms with Crippen molar-refractivity contribution >= 4 is 17.4 Å². The quantitative estimate of drug-likeness (QED) is 0.111. The Morgan fingerprint density at radius 3 is 2.38 bits per heavy atom. The number of pyridine rings is 1. The normalized spacial score (nSPS) is 27.3. The Labute approximate surface area is 322 Å². The van der Waals surface area contributed by atoms with Gasteiger partial charge in [-0.25, -0.2) is 18.7 Å². The zero-order valence-electron chi connectivity index (χ0n) is 32.1. The molecule has 300 valence electrons. The summed E-state index contributed by atoms with van der Waals surface area (Å²) in [5.41, 5.74) is 0.326. The maximum Gasteiger partial charge on any atom is 0.284 e. The number of alkyl halides is 2. The Hall–Kier alpha value is -3.46. The van der Waals surface area contributed by atoms with E-state index >= 15 is 0 Å². The van der Waals surface area contributed by atoms with Crippen LogP contribution in [0.3, 0.4) is 0 Å². The van der Waals surface area contributed by atoms with Gasteiger partial charge < -0.3 is 34.2 Å². The second-order valence-electron chi connectivity index (χ2n) is 17.1. The van der Waals surface area contributed by atoms with Crippen LogP contribution in [0.5, 0.6) is 0 Å². The molecule has 0 unspecified atom stereocenters. The molecule has 14 heteroatoms. The maximum atomic E-state index is 14.1. The van der Waals surface area contributed by atoms with E-state index < -0.39 is 18.0 Å². The standard InChI is InChI=1S/C41H57F2N7O5/c1-49(10-11-52-12-13-53-14-15-55-41-20-29-16-30(21-41)18-31(17-29)22-41)24-28-4-6-33(7-5-28)50-25-34(37(48-50)38(42)43)46-39(51)35-26-54-40(47-35)32-8-9-44-36(19-32)45-23-27-2-3-27/h8-9,19,25-31,33,38H,2-7,10-18,20-24H2,1H3,(H,44,45)(H,46,51). The lowest BCUT2D eigenvalue weighted by Crippen LogP contribution is -2.52. The van der Waals surface area contributed by atoms with Gasteiger partial charge in [0, 0.05) is 37.6 Å². The number of ether oxygens (including phenoxy) is 3. The van der Waals surface area contributed by atoms with Crippen molar-refractivity contribution in [2.24, 2.45) is 29.6 Å². The van der Waals surface area contributed by atoms with Crippen molar-refractivity contribution < 1.29 is 32.2 Å². The monoisotopic (exact) mass is 765 g/mol. The number of nitrogens with zero attached hydrogens (tertiary/aromatic N) is 5. The summed E-state index contributed by atoms with van der Waals surface area (Å²) in [5, 5.41) is 10.1. The lowest BCUT2D eigenvalue weighted by Gasteiger charge is -2.56. The fourth-order valence-corrected chi connectivity index (χ4v) is 9.97. The highest BCUT2D eigenvalue weighted by molar-refractivity contribution is 6.03. The van der Waals surface area contributed by atoms with Crippen molar-refractivity contribution in [2.75, 3.05) is 70.3 Å². The van der Waals surface area contributed by atoms with Crippen molar-refractivity contribution in [1.29, 1.82) is 0 Å². The predicted octanol–water partition coefficient (Wildman–Crippen LogP) is 7.63. The van der Waals surface area contributed by atoms with Gasteiger partial charge in [0.15, 0.2) is 11.4 Å². The number of anilines is 2. The lowest BCUT2D eigenvalue weighted by atomic mass is 9.54. The molecule has 12 nitrogen and oxygen atoms in total. The SMILES string of the molecule is CN(CCOCCOCCOC12CC3CC(CC(C3)C1)C2)CC1CCC(n2cc(NC(=O)c3coc(-c4ccnc(NCC5CC5)c4)n3)c(C(F)F)n2)CC1. The van der Waals surface area contributed by atoms with E-state index in [4.69, 9.17) is 18.6 Å². The topological polar surface area (TPSA) is 129 Å². The van der Waals surface area contributed by atoms with E-state index in [1.54, 1.807) is 16.9 Å². The third-order valence-electron chi connectivity index (χ3n) is 12.6. The first-order valence-corrected chi connectivity index (χ1v) is 20.6. The molecule has 0 aromatic carbocycles. The Kier molecular flexibility index (Phi) is 12.1. The fraction of sp³-hybridized carbons (Fsp3) is 0.707. The minimum Gasteiger partial charge on any atom is -0.444 e. The highest BCUT2D eigenvalue weighted by Crippen LogP contribution is 2.57. The Morgan fingerprint density at radius 2 is 1.67 bits per heavy atom. The average molecular weight is 766 g/mol. The summed E-state index contributed by atoms with van der Waals surface area (Å²) < 4.78 is 53.5. The Bertz CT molecular complexity index is 1690. The molecule has 0 aliphatic heterocycles. The first kappa shape index (κ1) is 38.4. The molecule has 0 atom stereocenters. The number of amides is 1. The first-order chi connectivity index (χ1) is 26.8. The van der Waals surface area contributed by atoms with Crippen LogP contribution in [0.25, 0.3) is 11.5 Å². The van der Waals surface area contributed by atoms with Gasteiger partial charge in [0.1, 0.15) is 12.1 Å². The van der Waals surface area contributed by atoms with Crippen LogP contribution in [0.4, 0.5) is 20.3 Å². The molecule has 0 radical (unpaired) electrons. The van der Waals surface area contributed by atoms with Gasteiger partial charge in [-0.05, 0) is 126 Å². The molecule has 1 amide bonds. The summed E-state index contributed by atoms with van der Waals surface area (Å²) in [4.78, 5) is 24.1. The molecule has 0 spiro atoms. The number of nitrogens with one attached hydrogen (secondary N) is 2. The molecule has 3 aromatic heterocycles. The third kappa shape index (κ3) is 9.92. The third-order valence-corrected chi connectivity index (χ3v) is 12.6. The minimum atomic E-state index is -2.84. The molecule has 9 rings (SSSR count). The van der Waals surface area contributed by atoms with Gasteiger partial charge >= 0.3 is 0 Å². The van der Waals surface area contributed by atoms with Gasteiger partial charge in [-0.3, -0.25) is 9.48 Å². The van der Waals surface area contributed by atoms with E-state index in [1.807, 2.05) is 6.07 Å². The highest BCUT2D eigenvalue weighted by atomic mass is 19.3. The molecule has 2 N–H and O–H groups in total. The minimum absolute atomic E-state index is 0.0110. The van der Waals surface area contributed by atoms with Gasteiger partial charge in [0.25, 0.3) is 12.3 Å². The number of likely N-dealkylation sites (N-methyl/N-ethyl adjacent to an activating group) is 1. The second-order valence-corrected chi connectivity index (χ2v) is 17.1. The maximum absolute atomic E-state index is 14.1. The van der Waals surface area contributed by atoms with Crippen LogP contribution in [-0.2, 0) is 14.2 Å². The second kappa shape index (κ2) is 17.4. The number of aromatic nitrogens is 4. The first-order valence-electron chi connectivity index (χ1n) is 20.6. The van der Waals surface area contributed by atoms with E-state index in [-0.39, 0.29) is 28.9 Å². The van der Waals surface area contributed by atoms with Crippen molar-refractivity contribution in [2.45, 2.75) is 95.1 Å². The highest BCUT2D eigenvalue weighted by Gasteiger charge is 2.51. The Morgan fingerprint density at radius 1 is 0.982 bits per heavy atom. The van der Waals surface area contributed by atoms with Crippen LogP contribution >= 0.6 is 0 Å². The van der Waals surface area contributed by atoms with Gasteiger partial charge in [-0.15, -0.1) is 0 Å². The number of carbonyl (C=O) groups is 1. The zero-order valence-corrected chi connectivity index (χ0v) is 32.1.